The molecule has 0 unspecified atom stereocenters. The van der Waals surface area contributed by atoms with Crippen molar-refractivity contribution in [3.8, 4) is 0 Å². The molecule has 256 valence electrons. The molecule has 2 rings (SSSR count). The third-order valence-corrected chi connectivity index (χ3v) is 3.89. The number of nitrogens with zero attached hydrogens (tertiary/aromatic N) is 6. The lowest BCUT2D eigenvalue weighted by atomic mass is 10.1. The van der Waals surface area contributed by atoms with Gasteiger partial charge in [0, 0.05) is 44.1 Å². The molecule has 0 saturated heterocycles. The van der Waals surface area contributed by atoms with Crippen LogP contribution < -0.4 is 16.8 Å². The van der Waals surface area contributed by atoms with Gasteiger partial charge in [0.2, 0.25) is 12.5 Å². The van der Waals surface area contributed by atoms with Crippen molar-refractivity contribution in [3.05, 3.63) is 57.3 Å². The zero-order chi connectivity index (χ0) is 36.3. The van der Waals surface area contributed by atoms with Crippen LogP contribution in [0.2, 0.25) is 0 Å². The molecule has 1 aromatic carbocycles. The molecule has 0 spiro atoms. The van der Waals surface area contributed by atoms with E-state index in [0.717, 1.165) is 13.0 Å². The predicted molar refractivity (Wildman–Crippen MR) is 179 cm³/mol. The number of fused-ring (bicyclic) bond motifs is 1. The Balaban J connectivity index is -0.000000149. The van der Waals surface area contributed by atoms with Gasteiger partial charge in [-0.2, -0.15) is 0 Å². The minimum absolute atomic E-state index is 0.178. The lowest BCUT2D eigenvalue weighted by molar-refractivity contribution is -0.117. The number of primary amides is 1. The molecule has 0 aromatic heterocycles. The van der Waals surface area contributed by atoms with Crippen molar-refractivity contribution in [1.29, 1.82) is 0 Å². The van der Waals surface area contributed by atoms with Crippen LogP contribution in [0.1, 0.15) is 103 Å². The van der Waals surface area contributed by atoms with E-state index in [0.29, 0.717) is 43.7 Å². The molecule has 1 aliphatic rings. The number of hydrogen-bond donors (Lipinski definition) is 4. The van der Waals surface area contributed by atoms with Gasteiger partial charge in [-0.3, -0.25) is 19.3 Å². The highest BCUT2D eigenvalue weighted by Crippen LogP contribution is 2.21. The molecule has 0 saturated carbocycles. The molecule has 0 fully saturated rings. The van der Waals surface area contributed by atoms with E-state index < -0.39 is 0 Å². The predicted octanol–water partition coefficient (Wildman–Crippen LogP) is 5.78. The van der Waals surface area contributed by atoms with Crippen LogP contribution in [0.5, 0.6) is 0 Å². The molecule has 0 atom stereocenters. The normalized spacial score (nSPS) is 10.1. The molecule has 15 heteroatoms. The molecule has 1 heterocycles. The van der Waals surface area contributed by atoms with E-state index in [4.69, 9.17) is 27.8 Å². The fourth-order valence-corrected chi connectivity index (χ4v) is 2.13. The maximum Gasteiger partial charge on any atom is 0.407 e. The second-order valence-corrected chi connectivity index (χ2v) is 8.89. The van der Waals surface area contributed by atoms with Crippen molar-refractivity contribution in [1.82, 2.24) is 10.2 Å². The van der Waals surface area contributed by atoms with Crippen molar-refractivity contribution < 1.29 is 29.1 Å². The molecule has 1 aromatic rings. The third kappa shape index (κ3) is 35.4. The monoisotopic (exact) mass is 637 g/mol. The number of carbonyl (C=O) groups excluding carboxylic acids is 4. The number of carbonyl (C=O) groups is 4. The van der Waals surface area contributed by atoms with E-state index in [9.17, 15) is 19.2 Å². The Bertz CT molecular complexity index is 1010. The highest BCUT2D eigenvalue weighted by Gasteiger charge is 2.33. The van der Waals surface area contributed by atoms with Gasteiger partial charge in [0.1, 0.15) is 5.60 Å². The van der Waals surface area contributed by atoms with Crippen LogP contribution in [-0.2, 0) is 9.53 Å². The number of ether oxygens (including phenoxy) is 1. The Morgan fingerprint density at radius 1 is 1.07 bits per heavy atom. The number of benzene rings is 1. The zero-order valence-electron chi connectivity index (χ0n) is 28.7. The summed E-state index contributed by atoms with van der Waals surface area (Å²) in [5.74, 6) is -0.601. The fraction of sp³-hybridized carbons (Fsp3) is 0.600. The Kier molecular flexibility index (Phi) is 39.5. The van der Waals surface area contributed by atoms with Gasteiger partial charge < -0.3 is 31.6 Å². The molecule has 15 nitrogen and oxygen atoms in total. The SMILES string of the molecule is CC/C=N/O.CCC(N)=O.CCN.CCN1C(=O)c2ccccc2C1=O.CCN=[N+]=[N-].CCNC(=O)OC(C)(C)C.[C-]#[N+]CC. The van der Waals surface area contributed by atoms with E-state index in [1.165, 1.54) is 11.1 Å². The Morgan fingerprint density at radius 3 is 1.67 bits per heavy atom. The number of nitrogens with two attached hydrogens (primary N) is 2. The number of imide groups is 1. The molecule has 45 heavy (non-hydrogen) atoms. The third-order valence-electron chi connectivity index (χ3n) is 3.89. The summed E-state index contributed by atoms with van der Waals surface area (Å²) in [6, 6.07) is 6.91. The molecule has 0 radical (unpaired) electrons. The summed E-state index contributed by atoms with van der Waals surface area (Å²) in [4.78, 5) is 50.1. The van der Waals surface area contributed by atoms with E-state index in [1.54, 1.807) is 45.0 Å². The van der Waals surface area contributed by atoms with Gasteiger partial charge in [-0.1, -0.05) is 44.9 Å². The van der Waals surface area contributed by atoms with Crippen LogP contribution >= 0.6 is 0 Å². The second-order valence-electron chi connectivity index (χ2n) is 8.89. The van der Waals surface area contributed by atoms with E-state index in [1.807, 2.05) is 48.5 Å². The minimum Gasteiger partial charge on any atom is -0.444 e. The summed E-state index contributed by atoms with van der Waals surface area (Å²) in [6.07, 6.45) is 2.33. The smallest absolute Gasteiger partial charge is 0.407 e. The molecule has 0 aliphatic carbocycles. The first kappa shape index (κ1) is 50.0. The van der Waals surface area contributed by atoms with Crippen molar-refractivity contribution in [2.75, 3.05) is 32.7 Å². The van der Waals surface area contributed by atoms with Crippen molar-refractivity contribution in [2.45, 2.75) is 87.7 Å². The number of oxime groups is 1. The lowest BCUT2D eigenvalue weighted by Gasteiger charge is -2.19. The van der Waals surface area contributed by atoms with Crippen LogP contribution in [0, 0.1) is 6.57 Å². The fourth-order valence-electron chi connectivity index (χ4n) is 2.13. The summed E-state index contributed by atoms with van der Waals surface area (Å²) in [5.41, 5.74) is 17.7. The molecule has 4 amide bonds. The van der Waals surface area contributed by atoms with Gasteiger partial charge >= 0.3 is 6.09 Å². The molecule has 0 bridgehead atoms. The van der Waals surface area contributed by atoms with Crippen molar-refractivity contribution >= 4 is 30.0 Å². The number of azide groups is 1. The molecule has 1 aliphatic heterocycles. The Morgan fingerprint density at radius 2 is 1.49 bits per heavy atom. The van der Waals surface area contributed by atoms with E-state index >= 15 is 0 Å². The van der Waals surface area contributed by atoms with Crippen LogP contribution in [0.25, 0.3) is 15.3 Å². The average molecular weight is 638 g/mol. The van der Waals surface area contributed by atoms with Crippen LogP contribution in [-0.4, -0.2) is 78.5 Å². The average Bonchev–Trinajstić information content (AvgIpc) is 3.23. The summed E-state index contributed by atoms with van der Waals surface area (Å²) in [6.45, 7) is 27.3. The number of nitrogens with one attached hydrogen (secondary N) is 1. The lowest BCUT2D eigenvalue weighted by Crippen LogP contribution is -2.32. The van der Waals surface area contributed by atoms with Crippen LogP contribution in [0.3, 0.4) is 0 Å². The van der Waals surface area contributed by atoms with E-state index in [2.05, 4.69) is 31.1 Å². The number of hydrogen-bond acceptors (Lipinski definition) is 9. The maximum atomic E-state index is 11.5. The summed E-state index contributed by atoms with van der Waals surface area (Å²) >= 11 is 0. The Labute approximate surface area is 268 Å². The topological polar surface area (TPSA) is 231 Å². The summed E-state index contributed by atoms with van der Waals surface area (Å²) in [7, 11) is 0. The highest BCUT2D eigenvalue weighted by molar-refractivity contribution is 6.21. The molecular formula is C30H55N9O6. The first-order chi connectivity index (χ1) is 21.1. The quantitative estimate of drug-likeness (QED) is 0.0454. The largest absolute Gasteiger partial charge is 0.444 e. The summed E-state index contributed by atoms with van der Waals surface area (Å²) < 4.78 is 4.93. The highest BCUT2D eigenvalue weighted by atomic mass is 16.6. The number of alkyl carbamates (subject to hydrolysis) is 1. The van der Waals surface area contributed by atoms with E-state index in [-0.39, 0.29) is 29.4 Å². The number of rotatable bonds is 5. The van der Waals surface area contributed by atoms with Gasteiger partial charge in [0.15, 0.2) is 0 Å². The van der Waals surface area contributed by atoms with Gasteiger partial charge in [0.05, 0.1) is 11.1 Å². The summed E-state index contributed by atoms with van der Waals surface area (Å²) in [5, 5.41) is 16.1. The second kappa shape index (κ2) is 35.5. The zero-order valence-corrected chi connectivity index (χ0v) is 28.7. The first-order valence-corrected chi connectivity index (χ1v) is 14.5. The van der Waals surface area contributed by atoms with Gasteiger partial charge in [-0.05, 0) is 65.2 Å². The number of amides is 4. The minimum atomic E-state index is -0.390. The molecular weight excluding hydrogens is 582 g/mol. The van der Waals surface area contributed by atoms with Crippen LogP contribution in [0.15, 0.2) is 34.5 Å². The molecule has 6 N–H and O–H groups in total. The Hall–Kier alpha value is -4.67. The standard InChI is InChI=1S/C10H9NO2.C7H15NO2.2C3H7NO.C3H5N.C2H5N3.C2H7N/c1-2-11-9(12)7-5-3-4-6-8(7)10(11)13;1-5-8-6(9)10-7(2,3)4;1-2-3-4-5;1-2-3(4)5;1-3-4-2;1-2-4-5-3;1-2-3/h3-6H,2H2,1H3;5H2,1-4H3,(H,8,9);3,5H,2H2,1H3;2H2,1H3,(H2,4,5);3H2,1H3;2H2,1H3;2-3H2,1H3/b;;4-3+;;;;. The first-order valence-electron chi connectivity index (χ1n) is 14.5. The van der Waals surface area contributed by atoms with Crippen LogP contribution in [0.4, 0.5) is 4.79 Å². The van der Waals surface area contributed by atoms with Gasteiger partial charge in [-0.25, -0.2) is 11.4 Å². The maximum absolute atomic E-state index is 11.5. The van der Waals surface area contributed by atoms with Gasteiger partial charge in [-0.15, -0.1) is 5.16 Å². The van der Waals surface area contributed by atoms with Gasteiger partial charge in [0.25, 0.3) is 11.8 Å². The van der Waals surface area contributed by atoms with Crippen molar-refractivity contribution in [3.63, 3.8) is 0 Å². The van der Waals surface area contributed by atoms with Crippen molar-refractivity contribution in [2.24, 2.45) is 21.7 Å².